The van der Waals surface area contributed by atoms with Gasteiger partial charge in [-0.15, -0.1) is 0 Å². The Morgan fingerprint density at radius 1 is 1.04 bits per heavy atom. The molecule has 1 N–H and O–H groups in total. The van der Waals surface area contributed by atoms with E-state index in [0.29, 0.717) is 13.1 Å². The van der Waals surface area contributed by atoms with Gasteiger partial charge in [-0.1, -0.05) is 12.1 Å². The van der Waals surface area contributed by atoms with Crippen LogP contribution in [0.4, 0.5) is 10.5 Å². The molecule has 7 heteroatoms. The summed E-state index contributed by atoms with van der Waals surface area (Å²) in [6.07, 6.45) is 2.07. The Kier molecular flexibility index (Phi) is 5.44. The van der Waals surface area contributed by atoms with Gasteiger partial charge in [-0.05, 0) is 43.9 Å². The van der Waals surface area contributed by atoms with Gasteiger partial charge in [-0.2, -0.15) is 0 Å². The second kappa shape index (κ2) is 7.76. The number of aryl methyl sites for hydroxylation is 1. The number of amides is 4. The Balaban J connectivity index is 1.54. The third-order valence-electron chi connectivity index (χ3n) is 5.24. The van der Waals surface area contributed by atoms with Crippen molar-refractivity contribution in [1.82, 2.24) is 14.7 Å². The lowest BCUT2D eigenvalue weighted by Gasteiger charge is -2.34. The number of piperazine rings is 1. The first kappa shape index (κ1) is 18.2. The van der Waals surface area contributed by atoms with Crippen molar-refractivity contribution in [3.8, 4) is 0 Å². The summed E-state index contributed by atoms with van der Waals surface area (Å²) in [5.74, 6) is -0.177. The first-order valence-electron chi connectivity index (χ1n) is 9.13. The van der Waals surface area contributed by atoms with E-state index in [1.54, 1.807) is 4.90 Å². The smallest absolute Gasteiger partial charge is 0.322 e. The zero-order valence-corrected chi connectivity index (χ0v) is 15.5. The summed E-state index contributed by atoms with van der Waals surface area (Å²) in [5, 5.41) is 2.88. The fraction of sp³-hybridized carbons (Fsp3) is 0.526. The molecule has 0 aliphatic carbocycles. The summed E-state index contributed by atoms with van der Waals surface area (Å²) in [7, 11) is 0. The number of anilines is 1. The van der Waals surface area contributed by atoms with Gasteiger partial charge in [0, 0.05) is 31.9 Å². The lowest BCUT2D eigenvalue weighted by atomic mass is 10.1. The van der Waals surface area contributed by atoms with E-state index in [9.17, 15) is 14.4 Å². The highest BCUT2D eigenvalue weighted by molar-refractivity contribution is 5.94. The summed E-state index contributed by atoms with van der Waals surface area (Å²) >= 11 is 0. The van der Waals surface area contributed by atoms with Gasteiger partial charge in [0.25, 0.3) is 0 Å². The number of carbonyl (C=O) groups excluding carboxylic acids is 3. The van der Waals surface area contributed by atoms with Crippen LogP contribution in [0, 0.1) is 13.8 Å². The van der Waals surface area contributed by atoms with Gasteiger partial charge in [0.2, 0.25) is 11.8 Å². The van der Waals surface area contributed by atoms with Crippen LogP contribution in [0.5, 0.6) is 0 Å². The van der Waals surface area contributed by atoms with Gasteiger partial charge in [0.15, 0.2) is 0 Å². The van der Waals surface area contributed by atoms with Gasteiger partial charge < -0.3 is 20.0 Å². The van der Waals surface area contributed by atoms with Gasteiger partial charge in [-0.3, -0.25) is 9.59 Å². The van der Waals surface area contributed by atoms with Crippen molar-refractivity contribution >= 4 is 23.5 Å². The minimum Gasteiger partial charge on any atom is -0.341 e. The molecule has 0 aromatic heterocycles. The Morgan fingerprint density at radius 3 is 2.46 bits per heavy atom. The molecule has 0 saturated carbocycles. The molecule has 0 bridgehead atoms. The molecule has 140 valence electrons. The molecule has 0 radical (unpaired) electrons. The maximum absolute atomic E-state index is 12.5. The average Bonchev–Trinajstić information content (AvgIpc) is 3.15. The molecule has 1 aromatic rings. The van der Waals surface area contributed by atoms with E-state index in [2.05, 4.69) is 5.32 Å². The van der Waals surface area contributed by atoms with Crippen molar-refractivity contribution in [1.29, 1.82) is 0 Å². The molecular formula is C19H26N4O3. The van der Waals surface area contributed by atoms with Gasteiger partial charge in [0.05, 0.1) is 6.54 Å². The van der Waals surface area contributed by atoms with Crippen molar-refractivity contribution < 1.29 is 14.4 Å². The van der Waals surface area contributed by atoms with Crippen LogP contribution in [0.25, 0.3) is 0 Å². The second-order valence-electron chi connectivity index (χ2n) is 7.00. The lowest BCUT2D eigenvalue weighted by Crippen LogP contribution is -2.55. The zero-order valence-electron chi connectivity index (χ0n) is 15.5. The predicted molar refractivity (Wildman–Crippen MR) is 98.9 cm³/mol. The van der Waals surface area contributed by atoms with Crippen LogP contribution >= 0.6 is 0 Å². The average molecular weight is 358 g/mol. The van der Waals surface area contributed by atoms with Crippen molar-refractivity contribution in [3.05, 3.63) is 29.3 Å². The van der Waals surface area contributed by atoms with E-state index in [1.165, 1.54) is 4.90 Å². The van der Waals surface area contributed by atoms with Crippen LogP contribution in [0.1, 0.15) is 24.0 Å². The quantitative estimate of drug-likeness (QED) is 0.892. The number of likely N-dealkylation sites (tertiary alicyclic amines) is 1. The fourth-order valence-corrected chi connectivity index (χ4v) is 3.36. The first-order chi connectivity index (χ1) is 12.5. The highest BCUT2D eigenvalue weighted by Crippen LogP contribution is 2.19. The lowest BCUT2D eigenvalue weighted by molar-refractivity contribution is -0.142. The molecule has 26 heavy (non-hydrogen) atoms. The molecule has 3 rings (SSSR count). The number of hydrogen-bond donors (Lipinski definition) is 1. The highest BCUT2D eigenvalue weighted by atomic mass is 16.2. The monoisotopic (exact) mass is 358 g/mol. The summed E-state index contributed by atoms with van der Waals surface area (Å²) in [5.41, 5.74) is 2.88. The SMILES string of the molecule is Cc1cccc(NC(=O)N2CCN(CC(=O)N3CCCC3)C(=O)C2)c1C. The molecule has 7 nitrogen and oxygen atoms in total. The number of hydrogen-bond acceptors (Lipinski definition) is 3. The molecule has 2 aliphatic heterocycles. The number of nitrogens with one attached hydrogen (secondary N) is 1. The summed E-state index contributed by atoms with van der Waals surface area (Å²) in [4.78, 5) is 41.9. The molecule has 2 fully saturated rings. The normalized spacial score (nSPS) is 17.6. The molecule has 0 unspecified atom stereocenters. The van der Waals surface area contributed by atoms with Crippen molar-refractivity contribution in [2.24, 2.45) is 0 Å². The van der Waals surface area contributed by atoms with E-state index >= 15 is 0 Å². The Hall–Kier alpha value is -2.57. The van der Waals surface area contributed by atoms with Gasteiger partial charge in [-0.25, -0.2) is 4.79 Å². The van der Waals surface area contributed by atoms with E-state index in [1.807, 2.05) is 36.9 Å². The van der Waals surface area contributed by atoms with Crippen LogP contribution in [-0.2, 0) is 9.59 Å². The third kappa shape index (κ3) is 3.98. The summed E-state index contributed by atoms with van der Waals surface area (Å²) < 4.78 is 0. The Labute approximate surface area is 153 Å². The summed E-state index contributed by atoms with van der Waals surface area (Å²) in [6, 6.07) is 5.46. The minimum absolute atomic E-state index is 0.00383. The number of benzene rings is 1. The van der Waals surface area contributed by atoms with Crippen LogP contribution in [0.3, 0.4) is 0 Å². The standard InChI is InChI=1S/C19H26N4O3/c1-14-6-5-7-16(15(14)2)20-19(26)23-11-10-22(18(25)13-23)12-17(24)21-8-3-4-9-21/h5-7H,3-4,8-13H2,1-2H3,(H,20,26). The third-order valence-corrected chi connectivity index (χ3v) is 5.24. The molecule has 0 spiro atoms. The van der Waals surface area contributed by atoms with Crippen molar-refractivity contribution in [2.45, 2.75) is 26.7 Å². The van der Waals surface area contributed by atoms with E-state index in [-0.39, 0.29) is 30.9 Å². The van der Waals surface area contributed by atoms with Crippen LogP contribution in [-0.4, -0.2) is 71.8 Å². The maximum Gasteiger partial charge on any atom is 0.322 e. The number of rotatable bonds is 3. The Bertz CT molecular complexity index is 713. The fourth-order valence-electron chi connectivity index (χ4n) is 3.36. The van der Waals surface area contributed by atoms with Crippen molar-refractivity contribution in [2.75, 3.05) is 44.6 Å². The molecule has 4 amide bonds. The molecule has 0 atom stereocenters. The summed E-state index contributed by atoms with van der Waals surface area (Å²) in [6.45, 7) is 6.45. The number of nitrogens with zero attached hydrogens (tertiary/aromatic N) is 3. The zero-order chi connectivity index (χ0) is 18.7. The van der Waals surface area contributed by atoms with E-state index in [0.717, 1.165) is 42.7 Å². The predicted octanol–water partition coefficient (Wildman–Crippen LogP) is 1.60. The van der Waals surface area contributed by atoms with Gasteiger partial charge >= 0.3 is 6.03 Å². The maximum atomic E-state index is 12.5. The topological polar surface area (TPSA) is 73.0 Å². The van der Waals surface area contributed by atoms with Crippen LogP contribution < -0.4 is 5.32 Å². The number of urea groups is 1. The molecule has 2 aliphatic rings. The Morgan fingerprint density at radius 2 is 1.77 bits per heavy atom. The van der Waals surface area contributed by atoms with Crippen LogP contribution in [0.2, 0.25) is 0 Å². The molecule has 2 heterocycles. The van der Waals surface area contributed by atoms with E-state index in [4.69, 9.17) is 0 Å². The van der Waals surface area contributed by atoms with E-state index < -0.39 is 0 Å². The van der Waals surface area contributed by atoms with Crippen molar-refractivity contribution in [3.63, 3.8) is 0 Å². The van der Waals surface area contributed by atoms with Gasteiger partial charge in [0.1, 0.15) is 6.54 Å². The molecular weight excluding hydrogens is 332 g/mol. The highest BCUT2D eigenvalue weighted by Gasteiger charge is 2.30. The number of carbonyl (C=O) groups is 3. The largest absolute Gasteiger partial charge is 0.341 e. The molecule has 1 aromatic carbocycles. The first-order valence-corrected chi connectivity index (χ1v) is 9.13. The van der Waals surface area contributed by atoms with Crippen LogP contribution in [0.15, 0.2) is 18.2 Å². The second-order valence-corrected chi connectivity index (χ2v) is 7.00. The molecule has 2 saturated heterocycles. The minimum atomic E-state index is -0.280.